The highest BCUT2D eigenvalue weighted by molar-refractivity contribution is 5.98. The van der Waals surface area contributed by atoms with Crippen LogP contribution in [-0.4, -0.2) is 34.8 Å². The lowest BCUT2D eigenvalue weighted by Gasteiger charge is -2.07. The van der Waals surface area contributed by atoms with Gasteiger partial charge in [-0.25, -0.2) is 4.98 Å². The fourth-order valence-corrected chi connectivity index (χ4v) is 1.61. The van der Waals surface area contributed by atoms with E-state index in [9.17, 15) is 19.7 Å². The number of pyridine rings is 1. The van der Waals surface area contributed by atoms with Gasteiger partial charge in [0.1, 0.15) is 17.6 Å². The van der Waals surface area contributed by atoms with Crippen molar-refractivity contribution < 1.29 is 14.5 Å². The summed E-state index contributed by atoms with van der Waals surface area (Å²) in [6.07, 6.45) is 1.55. The first kappa shape index (κ1) is 16.3. The fourth-order valence-electron chi connectivity index (χ4n) is 1.61. The maximum Gasteiger partial charge on any atom is 0.300 e. The van der Waals surface area contributed by atoms with E-state index in [-0.39, 0.29) is 24.2 Å². The number of primary amides is 1. The van der Waals surface area contributed by atoms with Gasteiger partial charge in [-0.3, -0.25) is 19.7 Å². The Labute approximate surface area is 121 Å². The van der Waals surface area contributed by atoms with Crippen molar-refractivity contribution in [1.29, 1.82) is 0 Å². The molecule has 0 aliphatic carbocycles. The molecule has 1 aromatic heterocycles. The lowest BCUT2D eigenvalue weighted by Crippen LogP contribution is -2.26. The van der Waals surface area contributed by atoms with Crippen molar-refractivity contribution in [1.82, 2.24) is 10.3 Å². The molecule has 1 rings (SSSR count). The van der Waals surface area contributed by atoms with E-state index in [2.05, 4.69) is 15.6 Å². The summed E-state index contributed by atoms with van der Waals surface area (Å²) in [5.74, 6) is -0.674. The smallest absolute Gasteiger partial charge is 0.300 e. The molecule has 9 nitrogen and oxygen atoms in total. The van der Waals surface area contributed by atoms with Gasteiger partial charge in [-0.15, -0.1) is 0 Å². The van der Waals surface area contributed by atoms with Crippen LogP contribution in [0.1, 0.15) is 30.1 Å². The number of anilines is 1. The summed E-state index contributed by atoms with van der Waals surface area (Å²) < 4.78 is 0. The molecule has 1 aromatic rings. The molecule has 0 aromatic carbocycles. The molecule has 0 aliphatic heterocycles. The number of hydrogen-bond acceptors (Lipinski definition) is 6. The van der Waals surface area contributed by atoms with Crippen molar-refractivity contribution in [2.24, 2.45) is 5.73 Å². The van der Waals surface area contributed by atoms with Crippen molar-refractivity contribution in [3.63, 3.8) is 0 Å². The fraction of sp³-hybridized carbons (Fsp3) is 0.417. The van der Waals surface area contributed by atoms with Gasteiger partial charge in [0.25, 0.3) is 11.6 Å². The van der Waals surface area contributed by atoms with Crippen LogP contribution in [-0.2, 0) is 4.79 Å². The SMILES string of the molecule is CCNc1cc(C(=O)NCCCC(N)=O)c([N+](=O)[O-])cn1. The Bertz CT molecular complexity index is 546. The van der Waals surface area contributed by atoms with Gasteiger partial charge in [-0.05, 0) is 13.3 Å². The van der Waals surface area contributed by atoms with E-state index < -0.39 is 16.7 Å². The van der Waals surface area contributed by atoms with Crippen LogP contribution in [0.2, 0.25) is 0 Å². The zero-order valence-corrected chi connectivity index (χ0v) is 11.6. The predicted molar refractivity (Wildman–Crippen MR) is 75.8 cm³/mol. The highest BCUT2D eigenvalue weighted by Crippen LogP contribution is 2.20. The van der Waals surface area contributed by atoms with Crippen molar-refractivity contribution in [3.05, 3.63) is 27.9 Å². The number of carbonyl (C=O) groups excluding carboxylic acids is 2. The number of aromatic nitrogens is 1. The van der Waals surface area contributed by atoms with Crippen LogP contribution in [0.25, 0.3) is 0 Å². The first-order chi connectivity index (χ1) is 9.95. The summed E-state index contributed by atoms with van der Waals surface area (Å²) in [5.41, 5.74) is 4.53. The Morgan fingerprint density at radius 1 is 1.48 bits per heavy atom. The van der Waals surface area contributed by atoms with Gasteiger partial charge < -0.3 is 16.4 Å². The number of nitrogens with zero attached hydrogens (tertiary/aromatic N) is 2. The second-order valence-electron chi connectivity index (χ2n) is 4.20. The van der Waals surface area contributed by atoms with E-state index in [4.69, 9.17) is 5.73 Å². The average molecular weight is 295 g/mol. The summed E-state index contributed by atoms with van der Waals surface area (Å²) in [7, 11) is 0. The first-order valence-corrected chi connectivity index (χ1v) is 6.40. The van der Waals surface area contributed by atoms with Gasteiger partial charge in [-0.2, -0.15) is 0 Å². The molecule has 0 bridgehead atoms. The molecule has 114 valence electrons. The molecule has 0 spiro atoms. The van der Waals surface area contributed by atoms with E-state index in [0.717, 1.165) is 6.20 Å². The van der Waals surface area contributed by atoms with Crippen LogP contribution in [0.3, 0.4) is 0 Å². The van der Waals surface area contributed by atoms with Crippen molar-refractivity contribution >= 4 is 23.3 Å². The summed E-state index contributed by atoms with van der Waals surface area (Å²) >= 11 is 0. The monoisotopic (exact) mass is 295 g/mol. The van der Waals surface area contributed by atoms with Crippen LogP contribution < -0.4 is 16.4 Å². The highest BCUT2D eigenvalue weighted by Gasteiger charge is 2.21. The average Bonchev–Trinajstić information content (AvgIpc) is 2.43. The number of nitrogens with two attached hydrogens (primary N) is 1. The second-order valence-corrected chi connectivity index (χ2v) is 4.20. The Hall–Kier alpha value is -2.71. The van der Waals surface area contributed by atoms with Crippen molar-refractivity contribution in [3.8, 4) is 0 Å². The van der Waals surface area contributed by atoms with Crippen LogP contribution in [0.5, 0.6) is 0 Å². The largest absolute Gasteiger partial charge is 0.370 e. The van der Waals surface area contributed by atoms with Crippen LogP contribution in [0.4, 0.5) is 11.5 Å². The molecule has 2 amide bonds. The number of amides is 2. The Morgan fingerprint density at radius 2 is 2.19 bits per heavy atom. The number of nitro groups is 1. The molecule has 0 atom stereocenters. The minimum atomic E-state index is -0.666. The molecule has 0 unspecified atom stereocenters. The summed E-state index contributed by atoms with van der Waals surface area (Å²) in [6, 6.07) is 1.32. The molecule has 0 saturated heterocycles. The number of nitrogens with one attached hydrogen (secondary N) is 2. The van der Waals surface area contributed by atoms with Crippen molar-refractivity contribution in [2.75, 3.05) is 18.4 Å². The molecular weight excluding hydrogens is 278 g/mol. The van der Waals surface area contributed by atoms with Gasteiger partial charge in [-0.1, -0.05) is 0 Å². The van der Waals surface area contributed by atoms with E-state index >= 15 is 0 Å². The third-order valence-corrected chi connectivity index (χ3v) is 2.57. The van der Waals surface area contributed by atoms with Gasteiger partial charge in [0.15, 0.2) is 0 Å². The molecule has 4 N–H and O–H groups in total. The number of carbonyl (C=O) groups is 2. The zero-order chi connectivity index (χ0) is 15.8. The lowest BCUT2D eigenvalue weighted by atomic mass is 10.2. The maximum atomic E-state index is 12.0. The van der Waals surface area contributed by atoms with Crippen molar-refractivity contribution in [2.45, 2.75) is 19.8 Å². The first-order valence-electron chi connectivity index (χ1n) is 6.40. The third kappa shape index (κ3) is 5.05. The van der Waals surface area contributed by atoms with Gasteiger partial charge in [0.05, 0.1) is 4.92 Å². The third-order valence-electron chi connectivity index (χ3n) is 2.57. The molecule has 0 aliphatic rings. The van der Waals surface area contributed by atoms with E-state index in [1.807, 2.05) is 6.92 Å². The molecule has 21 heavy (non-hydrogen) atoms. The molecule has 0 radical (unpaired) electrons. The second kappa shape index (κ2) is 7.78. The summed E-state index contributed by atoms with van der Waals surface area (Å²) in [6.45, 7) is 2.62. The van der Waals surface area contributed by atoms with Crippen LogP contribution in [0, 0.1) is 10.1 Å². The highest BCUT2D eigenvalue weighted by atomic mass is 16.6. The topological polar surface area (TPSA) is 140 Å². The molecule has 1 heterocycles. The summed E-state index contributed by atoms with van der Waals surface area (Å²) in [4.78, 5) is 36.7. The molecule has 0 saturated carbocycles. The van der Waals surface area contributed by atoms with E-state index in [0.29, 0.717) is 18.8 Å². The van der Waals surface area contributed by atoms with Crippen LogP contribution >= 0.6 is 0 Å². The van der Waals surface area contributed by atoms with Gasteiger partial charge in [0, 0.05) is 25.6 Å². The Morgan fingerprint density at radius 3 is 2.76 bits per heavy atom. The van der Waals surface area contributed by atoms with E-state index in [1.54, 1.807) is 0 Å². The quantitative estimate of drug-likeness (QED) is 0.360. The summed E-state index contributed by atoms with van der Waals surface area (Å²) in [5, 5.41) is 16.3. The zero-order valence-electron chi connectivity index (χ0n) is 11.6. The van der Waals surface area contributed by atoms with E-state index in [1.165, 1.54) is 6.07 Å². The number of rotatable bonds is 8. The Kier molecular flexibility index (Phi) is 6.05. The lowest BCUT2D eigenvalue weighted by molar-refractivity contribution is -0.385. The molecule has 9 heteroatoms. The normalized spacial score (nSPS) is 9.95. The van der Waals surface area contributed by atoms with Crippen LogP contribution in [0.15, 0.2) is 12.3 Å². The van der Waals surface area contributed by atoms with Gasteiger partial charge in [0.2, 0.25) is 5.91 Å². The predicted octanol–water partition coefficient (Wildman–Crippen LogP) is 0.417. The Balaban J connectivity index is 2.82. The minimum absolute atomic E-state index is 0.0787. The molecule has 0 fully saturated rings. The van der Waals surface area contributed by atoms with Gasteiger partial charge >= 0.3 is 0 Å². The number of hydrogen-bond donors (Lipinski definition) is 3. The maximum absolute atomic E-state index is 12.0. The minimum Gasteiger partial charge on any atom is -0.370 e. The standard InChI is InChI=1S/C12H17N5O4/c1-2-14-11-6-8(9(7-16-11)17(20)21)12(19)15-5-3-4-10(13)18/h6-7H,2-5H2,1H3,(H2,13,18)(H,14,16)(H,15,19). The molecular formula is C12H17N5O4.